The van der Waals surface area contributed by atoms with Gasteiger partial charge in [0.2, 0.25) is 0 Å². The quantitative estimate of drug-likeness (QED) is 0.796. The number of rotatable bonds is 3. The maximum atomic E-state index is 13.1. The van der Waals surface area contributed by atoms with E-state index in [1.54, 1.807) is 13.1 Å². The Morgan fingerprint density at radius 3 is 2.47 bits per heavy atom. The first-order valence-electron chi connectivity index (χ1n) is 5.39. The van der Waals surface area contributed by atoms with Crippen molar-refractivity contribution < 1.29 is 13.6 Å². The Labute approximate surface area is 107 Å². The lowest BCUT2D eigenvalue weighted by Gasteiger charge is -2.07. The van der Waals surface area contributed by atoms with E-state index in [0.717, 1.165) is 12.1 Å². The van der Waals surface area contributed by atoms with Gasteiger partial charge < -0.3 is 0 Å². The van der Waals surface area contributed by atoms with Crippen LogP contribution in [0.4, 0.5) is 8.78 Å². The number of hydrogen-bond acceptors (Lipinski definition) is 3. The van der Waals surface area contributed by atoms with E-state index in [1.807, 2.05) is 0 Å². The highest BCUT2D eigenvalue weighted by molar-refractivity contribution is 6.02. The number of nitriles is 1. The molecule has 0 saturated heterocycles. The summed E-state index contributed by atoms with van der Waals surface area (Å²) in [5.74, 6) is -3.45. The summed E-state index contributed by atoms with van der Waals surface area (Å²) in [6.45, 7) is 0. The lowest BCUT2D eigenvalue weighted by Crippen LogP contribution is -2.11. The van der Waals surface area contributed by atoms with Gasteiger partial charge in [0.15, 0.2) is 5.78 Å². The van der Waals surface area contributed by atoms with Crippen LogP contribution in [0, 0.1) is 23.0 Å². The molecule has 0 N–H and O–H groups in total. The third-order valence-electron chi connectivity index (χ3n) is 2.60. The molecule has 0 bridgehead atoms. The number of nitrogens with zero attached hydrogens (tertiary/aromatic N) is 3. The Balaban J connectivity index is 2.40. The minimum absolute atomic E-state index is 0.00569. The fourth-order valence-electron chi connectivity index (χ4n) is 1.74. The first kappa shape index (κ1) is 12.9. The summed E-state index contributed by atoms with van der Waals surface area (Å²) in [7, 11) is 1.63. The number of benzene rings is 1. The lowest BCUT2D eigenvalue weighted by molar-refractivity contribution is 0.0978. The SMILES string of the molecule is Cn1cc(C(=O)C(C#N)c2cc(F)cc(F)c2)cn1. The van der Waals surface area contributed by atoms with Gasteiger partial charge in [-0.2, -0.15) is 10.4 Å². The maximum Gasteiger partial charge on any atom is 0.187 e. The normalized spacial score (nSPS) is 11.9. The second-order valence-electron chi connectivity index (χ2n) is 4.03. The first-order valence-corrected chi connectivity index (χ1v) is 5.39. The third-order valence-corrected chi connectivity index (χ3v) is 2.60. The van der Waals surface area contributed by atoms with Crippen molar-refractivity contribution >= 4 is 5.78 Å². The minimum atomic E-state index is -1.26. The third kappa shape index (κ3) is 2.65. The number of aromatic nitrogens is 2. The highest BCUT2D eigenvalue weighted by Gasteiger charge is 2.24. The zero-order valence-corrected chi connectivity index (χ0v) is 9.97. The molecule has 1 aromatic heterocycles. The van der Waals surface area contributed by atoms with Gasteiger partial charge in [-0.1, -0.05) is 0 Å². The van der Waals surface area contributed by atoms with Crippen LogP contribution in [0.2, 0.25) is 0 Å². The predicted molar refractivity (Wildman–Crippen MR) is 62.3 cm³/mol. The summed E-state index contributed by atoms with van der Waals surface area (Å²) < 4.78 is 27.6. The van der Waals surface area contributed by atoms with Gasteiger partial charge in [-0.25, -0.2) is 8.78 Å². The molecule has 1 heterocycles. The standard InChI is InChI=1S/C13H9F2N3O/c1-18-7-9(6-17-18)13(19)12(5-16)8-2-10(14)4-11(15)3-8/h2-4,6-7,12H,1H3. The van der Waals surface area contributed by atoms with Gasteiger partial charge in [-0.3, -0.25) is 9.48 Å². The van der Waals surface area contributed by atoms with E-state index in [0.29, 0.717) is 6.07 Å². The Kier molecular flexibility index (Phi) is 3.38. The fraction of sp³-hybridized carbons (Fsp3) is 0.154. The predicted octanol–water partition coefficient (Wildman–Crippen LogP) is 2.19. The molecule has 0 amide bonds. The van der Waals surface area contributed by atoms with Crippen LogP contribution in [0.25, 0.3) is 0 Å². The zero-order valence-electron chi connectivity index (χ0n) is 9.97. The van der Waals surface area contributed by atoms with Crippen LogP contribution in [-0.4, -0.2) is 15.6 Å². The Morgan fingerprint density at radius 1 is 1.37 bits per heavy atom. The second-order valence-corrected chi connectivity index (χ2v) is 4.03. The van der Waals surface area contributed by atoms with E-state index < -0.39 is 23.3 Å². The summed E-state index contributed by atoms with van der Waals surface area (Å²) in [4.78, 5) is 12.1. The van der Waals surface area contributed by atoms with E-state index >= 15 is 0 Å². The average Bonchev–Trinajstić information content (AvgIpc) is 2.75. The largest absolute Gasteiger partial charge is 0.292 e. The van der Waals surface area contributed by atoms with Crippen molar-refractivity contribution in [2.45, 2.75) is 5.92 Å². The van der Waals surface area contributed by atoms with Crippen LogP contribution in [0.5, 0.6) is 0 Å². The van der Waals surface area contributed by atoms with Gasteiger partial charge in [-0.05, 0) is 17.7 Å². The van der Waals surface area contributed by atoms with Crippen LogP contribution < -0.4 is 0 Å². The van der Waals surface area contributed by atoms with Crippen LogP contribution >= 0.6 is 0 Å². The number of ketones is 1. The van der Waals surface area contributed by atoms with Crippen LogP contribution in [0.3, 0.4) is 0 Å². The van der Waals surface area contributed by atoms with E-state index in [4.69, 9.17) is 5.26 Å². The summed E-state index contributed by atoms with van der Waals surface area (Å²) in [6.07, 6.45) is 2.75. The monoisotopic (exact) mass is 261 g/mol. The van der Waals surface area contributed by atoms with Crippen LogP contribution in [0.15, 0.2) is 30.6 Å². The average molecular weight is 261 g/mol. The first-order chi connectivity index (χ1) is 9.01. The number of hydrogen-bond donors (Lipinski definition) is 0. The number of halogens is 2. The summed E-state index contributed by atoms with van der Waals surface area (Å²) in [6, 6.07) is 4.40. The molecule has 0 fully saturated rings. The van der Waals surface area contributed by atoms with E-state index in [-0.39, 0.29) is 11.1 Å². The maximum absolute atomic E-state index is 13.1. The van der Waals surface area contributed by atoms with Crippen LogP contribution in [0.1, 0.15) is 21.8 Å². The summed E-state index contributed by atoms with van der Waals surface area (Å²) in [5, 5.41) is 12.9. The van der Waals surface area contributed by atoms with Gasteiger partial charge in [0, 0.05) is 19.3 Å². The van der Waals surface area contributed by atoms with E-state index in [2.05, 4.69) is 5.10 Å². The van der Waals surface area contributed by atoms with Crippen molar-refractivity contribution in [3.05, 3.63) is 53.4 Å². The lowest BCUT2D eigenvalue weighted by atomic mass is 9.93. The molecule has 1 atom stereocenters. The summed E-state index contributed by atoms with van der Waals surface area (Å²) >= 11 is 0. The number of carbonyl (C=O) groups is 1. The van der Waals surface area contributed by atoms with Gasteiger partial charge in [-0.15, -0.1) is 0 Å². The van der Waals surface area contributed by atoms with E-state index in [9.17, 15) is 13.6 Å². The molecule has 96 valence electrons. The van der Waals surface area contributed by atoms with Crippen molar-refractivity contribution in [3.8, 4) is 6.07 Å². The van der Waals surface area contributed by atoms with Gasteiger partial charge in [0.05, 0.1) is 17.8 Å². The molecular weight excluding hydrogens is 252 g/mol. The van der Waals surface area contributed by atoms with Crippen molar-refractivity contribution in [2.75, 3.05) is 0 Å². The molecule has 2 aromatic rings. The molecule has 1 unspecified atom stereocenters. The molecule has 0 aliphatic rings. The van der Waals surface area contributed by atoms with Gasteiger partial charge in [0.1, 0.15) is 17.6 Å². The smallest absolute Gasteiger partial charge is 0.187 e. The van der Waals surface area contributed by atoms with Gasteiger partial charge in [0.25, 0.3) is 0 Å². The number of carbonyl (C=O) groups excluding carboxylic acids is 1. The van der Waals surface area contributed by atoms with Gasteiger partial charge >= 0.3 is 0 Å². The molecule has 6 heteroatoms. The molecular formula is C13H9F2N3O. The van der Waals surface area contributed by atoms with Crippen molar-refractivity contribution in [1.29, 1.82) is 5.26 Å². The van der Waals surface area contributed by atoms with E-state index in [1.165, 1.54) is 17.1 Å². The van der Waals surface area contributed by atoms with Crippen molar-refractivity contribution in [2.24, 2.45) is 7.05 Å². The minimum Gasteiger partial charge on any atom is -0.292 e. The second kappa shape index (κ2) is 4.98. The van der Waals surface area contributed by atoms with Crippen LogP contribution in [-0.2, 0) is 7.05 Å². The van der Waals surface area contributed by atoms with Crippen molar-refractivity contribution in [1.82, 2.24) is 9.78 Å². The Bertz CT molecular complexity index is 653. The highest BCUT2D eigenvalue weighted by Crippen LogP contribution is 2.22. The molecule has 0 saturated carbocycles. The molecule has 0 aliphatic carbocycles. The summed E-state index contributed by atoms with van der Waals surface area (Å²) in [5.41, 5.74) is 0.215. The highest BCUT2D eigenvalue weighted by atomic mass is 19.1. The molecule has 2 rings (SSSR count). The van der Waals surface area contributed by atoms with Crippen molar-refractivity contribution in [3.63, 3.8) is 0 Å². The Hall–Kier alpha value is -2.55. The molecule has 19 heavy (non-hydrogen) atoms. The molecule has 0 radical (unpaired) electrons. The topological polar surface area (TPSA) is 58.7 Å². The molecule has 1 aromatic carbocycles. The fourth-order valence-corrected chi connectivity index (χ4v) is 1.74. The number of Topliss-reactive ketones (excluding diaryl/α,β-unsaturated/α-hetero) is 1. The molecule has 4 nitrogen and oxygen atoms in total. The Morgan fingerprint density at radius 2 is 2.00 bits per heavy atom. The molecule has 0 spiro atoms. The number of aryl methyl sites for hydroxylation is 1. The molecule has 0 aliphatic heterocycles. The zero-order chi connectivity index (χ0) is 14.0.